The molecule has 0 aliphatic heterocycles. The molecule has 0 saturated carbocycles. The molecule has 0 aliphatic rings. The molecule has 10 nitrogen and oxygen atoms in total. The molecule has 1 aromatic heterocycles. The number of hydrogen-bond acceptors (Lipinski definition) is 8. The predicted octanol–water partition coefficient (Wildman–Crippen LogP) is 3.20. The van der Waals surface area contributed by atoms with Gasteiger partial charge in [-0.1, -0.05) is 12.1 Å². The molecule has 0 saturated heterocycles. The number of nitrogens with one attached hydrogen (secondary N) is 1. The summed E-state index contributed by atoms with van der Waals surface area (Å²) in [6.07, 6.45) is 1.50. The van der Waals surface area contributed by atoms with Gasteiger partial charge in [-0.05, 0) is 36.4 Å². The average molecular weight is 422 g/mol. The molecule has 10 heteroatoms. The van der Waals surface area contributed by atoms with Gasteiger partial charge < -0.3 is 20.5 Å². The van der Waals surface area contributed by atoms with Crippen molar-refractivity contribution in [3.05, 3.63) is 87.6 Å². The molecule has 3 aromatic rings. The van der Waals surface area contributed by atoms with E-state index in [1.807, 2.05) is 0 Å². The van der Waals surface area contributed by atoms with Gasteiger partial charge >= 0.3 is 5.97 Å². The molecule has 0 atom stereocenters. The van der Waals surface area contributed by atoms with E-state index in [-0.39, 0.29) is 34.8 Å². The van der Waals surface area contributed by atoms with Crippen LogP contribution in [-0.4, -0.2) is 28.9 Å². The highest BCUT2D eigenvalue weighted by molar-refractivity contribution is 5.96. The van der Waals surface area contributed by atoms with Gasteiger partial charge in [-0.2, -0.15) is 0 Å². The zero-order valence-electron chi connectivity index (χ0n) is 16.4. The van der Waals surface area contributed by atoms with E-state index in [0.29, 0.717) is 11.4 Å². The fourth-order valence-electron chi connectivity index (χ4n) is 2.78. The van der Waals surface area contributed by atoms with Crippen LogP contribution >= 0.6 is 0 Å². The van der Waals surface area contributed by atoms with E-state index < -0.39 is 16.8 Å². The monoisotopic (exact) mass is 422 g/mol. The van der Waals surface area contributed by atoms with E-state index in [1.165, 1.54) is 31.5 Å². The Morgan fingerprint density at radius 1 is 1.16 bits per heavy atom. The van der Waals surface area contributed by atoms with Crippen LogP contribution in [0.4, 0.5) is 17.2 Å². The van der Waals surface area contributed by atoms with Gasteiger partial charge in [-0.3, -0.25) is 14.9 Å². The molecule has 1 amide bonds. The third-order valence-corrected chi connectivity index (χ3v) is 4.31. The number of pyridine rings is 1. The Hall–Kier alpha value is -4.47. The number of nitro benzene ring substituents is 1. The van der Waals surface area contributed by atoms with Crippen LogP contribution in [-0.2, 0) is 11.3 Å². The number of nitrogens with zero attached hydrogens (tertiary/aromatic N) is 2. The first-order valence-electron chi connectivity index (χ1n) is 9.00. The summed E-state index contributed by atoms with van der Waals surface area (Å²) in [6.45, 7) is -0.378. The Morgan fingerprint density at radius 3 is 2.65 bits per heavy atom. The second-order valence-electron chi connectivity index (χ2n) is 6.27. The topological polar surface area (TPSA) is 147 Å². The Kier molecular flexibility index (Phi) is 6.41. The van der Waals surface area contributed by atoms with Crippen molar-refractivity contribution < 1.29 is 24.0 Å². The van der Waals surface area contributed by atoms with Gasteiger partial charge in [-0.15, -0.1) is 0 Å². The highest BCUT2D eigenvalue weighted by Gasteiger charge is 2.20. The summed E-state index contributed by atoms with van der Waals surface area (Å²) in [5.74, 6) is -0.749. The molecule has 1 heterocycles. The number of aromatic nitrogens is 1. The number of carbonyl (C=O) groups excluding carboxylic acids is 2. The van der Waals surface area contributed by atoms with Gasteiger partial charge in [-0.25, -0.2) is 9.78 Å². The molecule has 0 unspecified atom stereocenters. The van der Waals surface area contributed by atoms with Gasteiger partial charge in [0.05, 0.1) is 23.3 Å². The minimum atomic E-state index is -0.797. The van der Waals surface area contributed by atoms with Gasteiger partial charge in [0, 0.05) is 17.8 Å². The molecule has 0 spiro atoms. The third-order valence-electron chi connectivity index (χ3n) is 4.31. The molecule has 158 valence electrons. The van der Waals surface area contributed by atoms with E-state index in [1.54, 1.807) is 30.3 Å². The van der Waals surface area contributed by atoms with Crippen LogP contribution in [0.3, 0.4) is 0 Å². The highest BCUT2D eigenvalue weighted by Crippen LogP contribution is 2.28. The van der Waals surface area contributed by atoms with E-state index in [0.717, 1.165) is 6.07 Å². The number of nitrogens with two attached hydrogens (primary N) is 1. The van der Waals surface area contributed by atoms with Crippen molar-refractivity contribution in [3.8, 4) is 5.75 Å². The molecular weight excluding hydrogens is 404 g/mol. The lowest BCUT2D eigenvalue weighted by atomic mass is 10.1. The van der Waals surface area contributed by atoms with E-state index in [4.69, 9.17) is 15.2 Å². The van der Waals surface area contributed by atoms with Gasteiger partial charge in [0.15, 0.2) is 0 Å². The summed E-state index contributed by atoms with van der Waals surface area (Å²) in [6, 6.07) is 13.9. The van der Waals surface area contributed by atoms with Gasteiger partial charge in [0.1, 0.15) is 23.7 Å². The molecule has 0 fully saturated rings. The van der Waals surface area contributed by atoms with Crippen molar-refractivity contribution >= 4 is 29.1 Å². The number of rotatable bonds is 8. The summed E-state index contributed by atoms with van der Waals surface area (Å²) < 4.78 is 10.6. The molecule has 0 radical (unpaired) electrons. The lowest BCUT2D eigenvalue weighted by Crippen LogP contribution is -2.13. The Labute approximate surface area is 176 Å². The zero-order valence-corrected chi connectivity index (χ0v) is 16.4. The number of ether oxygens (including phenoxy) is 2. The zero-order chi connectivity index (χ0) is 22.4. The Balaban J connectivity index is 1.81. The number of esters is 1. The maximum Gasteiger partial charge on any atom is 0.342 e. The first-order valence-corrected chi connectivity index (χ1v) is 9.00. The molecule has 0 aliphatic carbocycles. The van der Waals surface area contributed by atoms with Crippen LogP contribution in [0.1, 0.15) is 26.3 Å². The highest BCUT2D eigenvalue weighted by atomic mass is 16.6. The predicted molar refractivity (Wildman–Crippen MR) is 111 cm³/mol. The quantitative estimate of drug-likeness (QED) is 0.320. The summed E-state index contributed by atoms with van der Waals surface area (Å²) in [4.78, 5) is 38.7. The largest absolute Gasteiger partial charge is 0.495 e. The second kappa shape index (κ2) is 9.35. The van der Waals surface area contributed by atoms with Crippen LogP contribution in [0.5, 0.6) is 5.75 Å². The Bertz CT molecular complexity index is 1150. The molecular formula is C21H18N4O6. The van der Waals surface area contributed by atoms with Gasteiger partial charge in [0.25, 0.3) is 5.69 Å². The number of benzene rings is 2. The van der Waals surface area contributed by atoms with Crippen molar-refractivity contribution in [1.29, 1.82) is 0 Å². The number of carbonyl (C=O) groups is 2. The summed E-state index contributed by atoms with van der Waals surface area (Å²) in [5, 5.41) is 14.3. The number of nitro groups is 1. The fourth-order valence-corrected chi connectivity index (χ4v) is 2.78. The number of hydrogen-bond donors (Lipinski definition) is 2. The fraction of sp³-hybridized carbons (Fsp3) is 0.0952. The normalized spacial score (nSPS) is 10.2. The lowest BCUT2D eigenvalue weighted by Gasteiger charge is -2.13. The summed E-state index contributed by atoms with van der Waals surface area (Å²) in [7, 11) is 1.52. The van der Waals surface area contributed by atoms with Crippen LogP contribution in [0.25, 0.3) is 0 Å². The molecule has 0 bridgehead atoms. The number of anilines is 2. The molecule has 3 N–H and O–H groups in total. The number of methoxy groups -OCH3 is 1. The van der Waals surface area contributed by atoms with E-state index in [9.17, 15) is 19.7 Å². The minimum Gasteiger partial charge on any atom is -0.495 e. The maximum atomic E-state index is 12.7. The lowest BCUT2D eigenvalue weighted by molar-refractivity contribution is -0.385. The molecule has 3 rings (SSSR count). The van der Waals surface area contributed by atoms with Crippen LogP contribution in [0.2, 0.25) is 0 Å². The van der Waals surface area contributed by atoms with Crippen LogP contribution < -0.4 is 15.8 Å². The molecule has 31 heavy (non-hydrogen) atoms. The van der Waals surface area contributed by atoms with Crippen molar-refractivity contribution in [2.75, 3.05) is 12.4 Å². The SMILES string of the molecule is COc1ccccc1Nc1ncccc1C(=O)OCc1ccc(C(N)=O)cc1[N+](=O)[O-]. The summed E-state index contributed by atoms with van der Waals surface area (Å²) >= 11 is 0. The smallest absolute Gasteiger partial charge is 0.342 e. The van der Waals surface area contributed by atoms with Crippen LogP contribution in [0.15, 0.2) is 60.8 Å². The first-order chi connectivity index (χ1) is 14.9. The van der Waals surface area contributed by atoms with Crippen molar-refractivity contribution in [3.63, 3.8) is 0 Å². The minimum absolute atomic E-state index is 0.0164. The first kappa shape index (κ1) is 21.2. The van der Waals surface area contributed by atoms with Gasteiger partial charge in [0.2, 0.25) is 5.91 Å². The Morgan fingerprint density at radius 2 is 1.94 bits per heavy atom. The standard InChI is InChI=1S/C21H18N4O6/c1-30-18-7-3-2-6-16(18)24-20-15(5-4-10-23-20)21(27)31-12-14-9-8-13(19(22)26)11-17(14)25(28)29/h2-11H,12H2,1H3,(H2,22,26)(H,23,24). The average Bonchev–Trinajstić information content (AvgIpc) is 2.78. The van der Waals surface area contributed by atoms with E-state index in [2.05, 4.69) is 10.3 Å². The summed E-state index contributed by atoms with van der Waals surface area (Å²) in [5.41, 5.74) is 5.61. The number of primary amides is 1. The van der Waals surface area contributed by atoms with Crippen molar-refractivity contribution in [2.24, 2.45) is 5.73 Å². The van der Waals surface area contributed by atoms with Crippen molar-refractivity contribution in [1.82, 2.24) is 4.98 Å². The second-order valence-corrected chi connectivity index (χ2v) is 6.27. The number of amides is 1. The van der Waals surface area contributed by atoms with E-state index >= 15 is 0 Å². The number of para-hydroxylation sites is 2. The third kappa shape index (κ3) is 4.93. The molecule has 2 aromatic carbocycles. The van der Waals surface area contributed by atoms with Crippen LogP contribution in [0, 0.1) is 10.1 Å². The van der Waals surface area contributed by atoms with Crippen molar-refractivity contribution in [2.45, 2.75) is 6.61 Å². The maximum absolute atomic E-state index is 12.7.